The van der Waals surface area contributed by atoms with Crippen LogP contribution < -0.4 is 0 Å². The number of hydrogen-bond acceptors (Lipinski definition) is 1. The third-order valence-corrected chi connectivity index (χ3v) is 11.3. The van der Waals surface area contributed by atoms with Crippen molar-refractivity contribution in [2.75, 3.05) is 0 Å². The molecule has 158 valence electrons. The highest BCUT2D eigenvalue weighted by Crippen LogP contribution is 2.38. The fraction of sp³-hybridized carbons (Fsp3) is 0.667. The molecule has 3 rings (SSSR count). The first-order chi connectivity index (χ1) is 14.3. The molecule has 1 saturated carbocycles. The number of hydrogen-bond donors (Lipinski definition) is 0. The van der Waals surface area contributed by atoms with Gasteiger partial charge in [0.2, 0.25) is 0 Å². The second-order valence-electron chi connectivity index (χ2n) is 9.84. The molecule has 0 radical (unpaired) electrons. The Morgan fingerprint density at radius 3 is 2.10 bits per heavy atom. The van der Waals surface area contributed by atoms with Crippen LogP contribution in [0.3, 0.4) is 0 Å². The van der Waals surface area contributed by atoms with E-state index in [4.69, 9.17) is 5.26 Å². The summed E-state index contributed by atoms with van der Waals surface area (Å²) in [6, 6.07) is 15.4. The monoisotopic (exact) mass is 407 g/mol. The van der Waals surface area contributed by atoms with E-state index in [2.05, 4.69) is 30.9 Å². The van der Waals surface area contributed by atoms with Crippen molar-refractivity contribution in [2.45, 2.75) is 101 Å². The topological polar surface area (TPSA) is 23.8 Å². The van der Waals surface area contributed by atoms with Gasteiger partial charge in [0.25, 0.3) is 0 Å². The average molecular weight is 408 g/mol. The van der Waals surface area contributed by atoms with Gasteiger partial charge in [0, 0.05) is 8.80 Å². The Morgan fingerprint density at radius 1 is 0.897 bits per heavy atom. The minimum Gasteiger partial charge on any atom is -0.192 e. The predicted molar refractivity (Wildman–Crippen MR) is 128 cm³/mol. The van der Waals surface area contributed by atoms with Crippen LogP contribution in [0.4, 0.5) is 0 Å². The van der Waals surface area contributed by atoms with Gasteiger partial charge in [0.15, 0.2) is 0 Å². The summed E-state index contributed by atoms with van der Waals surface area (Å²) in [6.45, 7) is 3.86. The van der Waals surface area contributed by atoms with Gasteiger partial charge >= 0.3 is 0 Å². The molecule has 0 N–H and O–H groups in total. The van der Waals surface area contributed by atoms with Gasteiger partial charge in [0.05, 0.1) is 11.6 Å². The first-order valence-corrected chi connectivity index (χ1v) is 14.8. The highest BCUT2D eigenvalue weighted by molar-refractivity contribution is 6.58. The van der Waals surface area contributed by atoms with Crippen molar-refractivity contribution in [1.82, 2.24) is 0 Å². The predicted octanol–water partition coefficient (Wildman–Crippen LogP) is 8.00. The van der Waals surface area contributed by atoms with Crippen LogP contribution in [0.15, 0.2) is 36.9 Å². The van der Waals surface area contributed by atoms with Gasteiger partial charge in [-0.25, -0.2) is 0 Å². The second kappa shape index (κ2) is 12.4. The van der Waals surface area contributed by atoms with E-state index in [1.165, 1.54) is 69.8 Å². The molecule has 0 aromatic heterocycles. The molecule has 0 unspecified atom stereocenters. The zero-order valence-electron chi connectivity index (χ0n) is 18.5. The lowest BCUT2D eigenvalue weighted by Crippen LogP contribution is -2.21. The fourth-order valence-corrected chi connectivity index (χ4v) is 9.40. The molecular formula is C27H41NSi. The third-order valence-electron chi connectivity index (χ3n) is 7.82. The van der Waals surface area contributed by atoms with Crippen molar-refractivity contribution >= 4 is 8.80 Å². The maximum atomic E-state index is 8.96. The van der Waals surface area contributed by atoms with Crippen LogP contribution in [-0.4, -0.2) is 8.80 Å². The maximum absolute atomic E-state index is 8.96. The molecule has 1 heterocycles. The molecule has 0 spiro atoms. The van der Waals surface area contributed by atoms with Crippen molar-refractivity contribution in [1.29, 1.82) is 5.26 Å². The van der Waals surface area contributed by atoms with Gasteiger partial charge in [-0.1, -0.05) is 81.3 Å². The molecule has 0 atom stereocenters. The maximum Gasteiger partial charge on any atom is 0.0991 e. The average Bonchev–Trinajstić information content (AvgIpc) is 2.78. The molecule has 2 heteroatoms. The number of nitrogens with zero attached hydrogens (tertiary/aromatic N) is 1. The Bertz CT molecular complexity index is 627. The Morgan fingerprint density at radius 2 is 1.52 bits per heavy atom. The summed E-state index contributed by atoms with van der Waals surface area (Å²) >= 11 is 0. The molecule has 0 bridgehead atoms. The van der Waals surface area contributed by atoms with Gasteiger partial charge in [-0.15, -0.1) is 6.58 Å². The summed E-state index contributed by atoms with van der Waals surface area (Å²) in [7, 11) is -0.361. The van der Waals surface area contributed by atoms with E-state index in [9.17, 15) is 0 Å². The minimum absolute atomic E-state index is 0.361. The molecular weight excluding hydrogens is 366 g/mol. The van der Waals surface area contributed by atoms with E-state index >= 15 is 0 Å². The van der Waals surface area contributed by atoms with Crippen molar-refractivity contribution in [3.05, 3.63) is 48.0 Å². The molecule has 1 aliphatic heterocycles. The molecule has 1 saturated heterocycles. The van der Waals surface area contributed by atoms with Gasteiger partial charge in [-0.3, -0.25) is 0 Å². The molecule has 29 heavy (non-hydrogen) atoms. The van der Waals surface area contributed by atoms with E-state index in [1.54, 1.807) is 31.0 Å². The third kappa shape index (κ3) is 7.45. The summed E-state index contributed by atoms with van der Waals surface area (Å²) in [5.74, 6) is 2.76. The Kier molecular flexibility index (Phi) is 9.54. The van der Waals surface area contributed by atoms with E-state index in [0.717, 1.165) is 23.3 Å². The minimum atomic E-state index is -0.361. The highest BCUT2D eigenvalue weighted by Gasteiger charge is 2.23. The summed E-state index contributed by atoms with van der Waals surface area (Å²) in [5.41, 5.74) is 2.23. The van der Waals surface area contributed by atoms with Crippen LogP contribution in [0.25, 0.3) is 0 Å². The summed E-state index contributed by atoms with van der Waals surface area (Å²) in [6.07, 6.45) is 19.3. The second-order valence-corrected chi connectivity index (χ2v) is 13.3. The highest BCUT2D eigenvalue weighted by atomic mass is 28.3. The summed E-state index contributed by atoms with van der Waals surface area (Å²) in [5, 5.41) is 8.96. The smallest absolute Gasteiger partial charge is 0.0991 e. The van der Waals surface area contributed by atoms with Crippen LogP contribution in [0.1, 0.15) is 94.1 Å². The van der Waals surface area contributed by atoms with Crippen LogP contribution in [0, 0.1) is 23.2 Å². The number of allylic oxidation sites excluding steroid dienone is 1. The van der Waals surface area contributed by atoms with E-state index in [1.807, 2.05) is 12.1 Å². The number of nitriles is 1. The molecule has 1 aliphatic carbocycles. The summed E-state index contributed by atoms with van der Waals surface area (Å²) < 4.78 is 0. The first kappa shape index (κ1) is 22.4. The Hall–Kier alpha value is -1.33. The molecule has 1 aromatic carbocycles. The fourth-order valence-electron chi connectivity index (χ4n) is 5.84. The lowest BCUT2D eigenvalue weighted by Gasteiger charge is -2.29. The van der Waals surface area contributed by atoms with E-state index in [-0.39, 0.29) is 8.80 Å². The van der Waals surface area contributed by atoms with Gasteiger partial charge in [-0.2, -0.15) is 5.26 Å². The summed E-state index contributed by atoms with van der Waals surface area (Å²) in [4.78, 5) is 0. The Balaban J connectivity index is 1.24. The SMILES string of the molecule is C=CCCC[Si@H]1CC[C@H](CCCC[C@H]2CC[C@H](c3ccc(C#N)cc3)CC2)CC1. The van der Waals surface area contributed by atoms with E-state index in [0.29, 0.717) is 0 Å². The molecule has 2 aliphatic rings. The van der Waals surface area contributed by atoms with Crippen molar-refractivity contribution in [3.63, 3.8) is 0 Å². The standard InChI is InChI=1S/C27H41NSi/c1-2-3-6-19-29-20-17-24(18-21-29)8-5-4-7-23-9-13-26(14-10-23)27-15-11-25(22-28)12-16-27/h2,11-12,15-16,23-24,26,29H,1,3-10,13-14,17-21H2/t23-,24-,26-,29-. The Labute approximate surface area is 181 Å². The quantitative estimate of drug-likeness (QED) is 0.219. The van der Waals surface area contributed by atoms with Gasteiger partial charge in [-0.05, 0) is 67.6 Å². The molecule has 1 aromatic rings. The number of rotatable bonds is 10. The van der Waals surface area contributed by atoms with Crippen molar-refractivity contribution in [2.24, 2.45) is 11.8 Å². The van der Waals surface area contributed by atoms with Crippen molar-refractivity contribution < 1.29 is 0 Å². The first-order valence-electron chi connectivity index (χ1n) is 12.4. The number of unbranched alkanes of at least 4 members (excludes halogenated alkanes) is 2. The molecule has 2 fully saturated rings. The van der Waals surface area contributed by atoms with Gasteiger partial charge < -0.3 is 0 Å². The lowest BCUT2D eigenvalue weighted by molar-refractivity contribution is 0.297. The van der Waals surface area contributed by atoms with Crippen molar-refractivity contribution in [3.8, 4) is 6.07 Å². The van der Waals surface area contributed by atoms with Gasteiger partial charge in [0.1, 0.15) is 0 Å². The lowest BCUT2D eigenvalue weighted by atomic mass is 9.77. The van der Waals surface area contributed by atoms with Crippen LogP contribution in [0.5, 0.6) is 0 Å². The van der Waals surface area contributed by atoms with Crippen LogP contribution >= 0.6 is 0 Å². The van der Waals surface area contributed by atoms with Crippen LogP contribution in [-0.2, 0) is 0 Å². The molecule has 0 amide bonds. The number of benzene rings is 1. The normalized spacial score (nSPS) is 27.3. The largest absolute Gasteiger partial charge is 0.192 e. The zero-order valence-corrected chi connectivity index (χ0v) is 19.6. The van der Waals surface area contributed by atoms with Crippen LogP contribution in [0.2, 0.25) is 18.1 Å². The molecule has 1 nitrogen and oxygen atoms in total. The zero-order chi connectivity index (χ0) is 20.3. The van der Waals surface area contributed by atoms with E-state index < -0.39 is 0 Å².